The van der Waals surface area contributed by atoms with Crippen LogP contribution in [0.2, 0.25) is 13.1 Å². The maximum Gasteiger partial charge on any atom is 0.112 e. The van der Waals surface area contributed by atoms with E-state index in [1.54, 1.807) is 0 Å². The third-order valence-corrected chi connectivity index (χ3v) is 8.18. The molecule has 4 nitrogen and oxygen atoms in total. The monoisotopic (exact) mass is 344 g/mol. The third kappa shape index (κ3) is 2.94. The fourth-order valence-electron chi connectivity index (χ4n) is 3.08. The summed E-state index contributed by atoms with van der Waals surface area (Å²) < 4.78 is 3.82. The van der Waals surface area contributed by atoms with Crippen molar-refractivity contribution in [2.75, 3.05) is 0 Å². The number of hydrogen-bond donors (Lipinski definition) is 0. The highest BCUT2D eigenvalue weighted by Gasteiger charge is 2.26. The summed E-state index contributed by atoms with van der Waals surface area (Å²) >= 11 is 0. The summed E-state index contributed by atoms with van der Waals surface area (Å²) in [4.78, 5) is 0. The van der Waals surface area contributed by atoms with Crippen molar-refractivity contribution in [3.63, 3.8) is 0 Å². The van der Waals surface area contributed by atoms with E-state index < -0.39 is 8.07 Å². The first-order valence-electron chi connectivity index (χ1n) is 8.36. The molecule has 0 amide bonds. The Kier molecular flexibility index (Phi) is 3.86. The van der Waals surface area contributed by atoms with Gasteiger partial charge in [0.1, 0.15) is 8.07 Å². The highest BCUT2D eigenvalue weighted by molar-refractivity contribution is 7.00. The Labute approximate surface area is 148 Å². The third-order valence-electron chi connectivity index (χ3n) is 4.67. The molecular formula is C20H20N4Si. The molecule has 2 heterocycles. The van der Waals surface area contributed by atoms with Crippen LogP contribution in [-0.2, 0) is 0 Å². The minimum absolute atomic E-state index is 1.10. The molecule has 0 aliphatic heterocycles. The van der Waals surface area contributed by atoms with Gasteiger partial charge in [-0.3, -0.25) is 0 Å². The largest absolute Gasteiger partial charge is 0.241 e. The Morgan fingerprint density at radius 2 is 1.16 bits per heavy atom. The van der Waals surface area contributed by atoms with Crippen molar-refractivity contribution in [1.82, 2.24) is 19.6 Å². The Morgan fingerprint density at radius 3 is 1.56 bits per heavy atom. The number of rotatable bonds is 4. The van der Waals surface area contributed by atoms with Crippen LogP contribution >= 0.6 is 0 Å². The van der Waals surface area contributed by atoms with Gasteiger partial charge in [0, 0.05) is 24.8 Å². The molecule has 0 N–H and O–H groups in total. The molecule has 0 fully saturated rings. The zero-order valence-electron chi connectivity index (χ0n) is 14.4. The molecule has 0 radical (unpaired) electrons. The number of aromatic nitrogens is 4. The van der Waals surface area contributed by atoms with Gasteiger partial charge in [-0.15, -0.1) is 0 Å². The highest BCUT2D eigenvalue weighted by atomic mass is 28.3. The SMILES string of the molecule is C[Si](C)(c1cccc(-n2cccn2)c1)c1cccc(-n2cccn2)c1. The second-order valence-electron chi connectivity index (χ2n) is 6.63. The van der Waals surface area contributed by atoms with Gasteiger partial charge in [0.15, 0.2) is 0 Å². The van der Waals surface area contributed by atoms with Gasteiger partial charge in [-0.2, -0.15) is 10.2 Å². The zero-order chi connectivity index (χ0) is 17.3. The van der Waals surface area contributed by atoms with Gasteiger partial charge in [-0.05, 0) is 36.4 Å². The van der Waals surface area contributed by atoms with Gasteiger partial charge in [-0.1, -0.05) is 47.7 Å². The molecule has 0 bridgehead atoms. The first-order chi connectivity index (χ1) is 12.1. The van der Waals surface area contributed by atoms with E-state index in [1.165, 1.54) is 10.4 Å². The highest BCUT2D eigenvalue weighted by Crippen LogP contribution is 2.12. The van der Waals surface area contributed by atoms with Crippen molar-refractivity contribution in [3.8, 4) is 11.4 Å². The fraction of sp³-hybridized carbons (Fsp3) is 0.100. The van der Waals surface area contributed by atoms with Crippen molar-refractivity contribution in [2.45, 2.75) is 13.1 Å². The van der Waals surface area contributed by atoms with E-state index in [0.717, 1.165) is 11.4 Å². The van der Waals surface area contributed by atoms with Crippen LogP contribution in [-0.4, -0.2) is 27.6 Å². The van der Waals surface area contributed by atoms with E-state index in [2.05, 4.69) is 71.8 Å². The van der Waals surface area contributed by atoms with E-state index in [1.807, 2.05) is 46.3 Å². The Balaban J connectivity index is 1.75. The topological polar surface area (TPSA) is 35.6 Å². The van der Waals surface area contributed by atoms with Gasteiger partial charge < -0.3 is 0 Å². The first kappa shape index (κ1) is 15.6. The van der Waals surface area contributed by atoms with Crippen LogP contribution in [0.25, 0.3) is 11.4 Å². The molecule has 0 aliphatic carbocycles. The molecule has 4 aromatic rings. The van der Waals surface area contributed by atoms with Gasteiger partial charge >= 0.3 is 0 Å². The average molecular weight is 344 g/mol. The van der Waals surface area contributed by atoms with Crippen molar-refractivity contribution in [3.05, 3.63) is 85.5 Å². The van der Waals surface area contributed by atoms with Crippen molar-refractivity contribution >= 4 is 18.4 Å². The molecular weight excluding hydrogens is 324 g/mol. The van der Waals surface area contributed by atoms with Gasteiger partial charge in [0.2, 0.25) is 0 Å². The molecule has 25 heavy (non-hydrogen) atoms. The lowest BCUT2D eigenvalue weighted by Gasteiger charge is -2.25. The summed E-state index contributed by atoms with van der Waals surface area (Å²) in [6.45, 7) is 4.77. The summed E-state index contributed by atoms with van der Waals surface area (Å²) in [5.74, 6) is 0. The molecule has 0 atom stereocenters. The van der Waals surface area contributed by atoms with Crippen LogP contribution in [0.3, 0.4) is 0 Å². The van der Waals surface area contributed by atoms with E-state index in [9.17, 15) is 0 Å². The predicted octanol–water partition coefficient (Wildman–Crippen LogP) is 2.88. The van der Waals surface area contributed by atoms with Crippen molar-refractivity contribution in [1.29, 1.82) is 0 Å². The number of nitrogens with zero attached hydrogens (tertiary/aromatic N) is 4. The Morgan fingerprint density at radius 1 is 0.680 bits per heavy atom. The normalized spacial score (nSPS) is 11.6. The lowest BCUT2D eigenvalue weighted by atomic mass is 10.3. The minimum atomic E-state index is -1.83. The second-order valence-corrected chi connectivity index (χ2v) is 11.0. The van der Waals surface area contributed by atoms with Gasteiger partial charge in [0.05, 0.1) is 11.4 Å². The second kappa shape index (κ2) is 6.18. The van der Waals surface area contributed by atoms with Crippen LogP contribution in [0.4, 0.5) is 0 Å². The van der Waals surface area contributed by atoms with Crippen LogP contribution in [0.15, 0.2) is 85.5 Å². The maximum atomic E-state index is 4.35. The quantitative estimate of drug-likeness (QED) is 0.534. The maximum absolute atomic E-state index is 4.35. The van der Waals surface area contributed by atoms with Gasteiger partial charge in [-0.25, -0.2) is 9.36 Å². The minimum Gasteiger partial charge on any atom is -0.241 e. The van der Waals surface area contributed by atoms with Crippen molar-refractivity contribution < 1.29 is 0 Å². The summed E-state index contributed by atoms with van der Waals surface area (Å²) in [5, 5.41) is 11.5. The van der Waals surface area contributed by atoms with Gasteiger partial charge in [0.25, 0.3) is 0 Å². The molecule has 0 saturated heterocycles. The summed E-state index contributed by atoms with van der Waals surface area (Å²) in [6.07, 6.45) is 7.57. The first-order valence-corrected chi connectivity index (χ1v) is 11.4. The van der Waals surface area contributed by atoms with Crippen LogP contribution in [0, 0.1) is 0 Å². The molecule has 5 heteroatoms. The molecule has 2 aromatic heterocycles. The van der Waals surface area contributed by atoms with Crippen LogP contribution in [0.1, 0.15) is 0 Å². The molecule has 0 saturated carbocycles. The molecule has 4 rings (SSSR count). The zero-order valence-corrected chi connectivity index (χ0v) is 15.4. The smallest absolute Gasteiger partial charge is 0.112 e. The van der Waals surface area contributed by atoms with E-state index in [4.69, 9.17) is 0 Å². The summed E-state index contributed by atoms with van der Waals surface area (Å²) in [5.41, 5.74) is 2.21. The van der Waals surface area contributed by atoms with Crippen LogP contribution < -0.4 is 10.4 Å². The fourth-order valence-corrected chi connectivity index (χ4v) is 5.46. The van der Waals surface area contributed by atoms with E-state index >= 15 is 0 Å². The van der Waals surface area contributed by atoms with Crippen LogP contribution in [0.5, 0.6) is 0 Å². The predicted molar refractivity (Wildman–Crippen MR) is 104 cm³/mol. The molecule has 0 aliphatic rings. The average Bonchev–Trinajstić information content (AvgIpc) is 3.36. The van der Waals surface area contributed by atoms with Crippen molar-refractivity contribution in [2.24, 2.45) is 0 Å². The van der Waals surface area contributed by atoms with E-state index in [0.29, 0.717) is 0 Å². The standard InChI is InChI=1S/C20H20N4Si/c1-25(2,19-9-3-7-17(15-19)23-13-5-11-21-23)20-10-4-8-18(16-20)24-14-6-12-22-24/h3-16H,1-2H3. The lowest BCUT2D eigenvalue weighted by molar-refractivity contribution is 0.881. The Hall–Kier alpha value is -2.92. The van der Waals surface area contributed by atoms with E-state index in [-0.39, 0.29) is 0 Å². The summed E-state index contributed by atoms with van der Waals surface area (Å²) in [6, 6.07) is 21.3. The molecule has 2 aromatic carbocycles. The Bertz CT molecular complexity index is 893. The molecule has 0 unspecified atom stereocenters. The lowest BCUT2D eigenvalue weighted by Crippen LogP contribution is -2.53. The molecule has 124 valence electrons. The molecule has 0 spiro atoms. The number of hydrogen-bond acceptors (Lipinski definition) is 2. The summed E-state index contributed by atoms with van der Waals surface area (Å²) in [7, 11) is -1.83. The number of benzene rings is 2.